The van der Waals surface area contributed by atoms with E-state index in [1.54, 1.807) is 0 Å². The average molecular weight is 214 g/mol. The van der Waals surface area contributed by atoms with Crippen molar-refractivity contribution in [1.29, 1.82) is 0 Å². The zero-order valence-electron chi connectivity index (χ0n) is 9.93. The third-order valence-electron chi connectivity index (χ3n) is 2.22. The molecule has 0 radical (unpaired) electrons. The Labute approximate surface area is 91.8 Å². The first-order valence-electron chi connectivity index (χ1n) is 5.61. The summed E-state index contributed by atoms with van der Waals surface area (Å²) in [6, 6.07) is 0. The van der Waals surface area contributed by atoms with Gasteiger partial charge in [-0.15, -0.1) is 0 Å². The van der Waals surface area contributed by atoms with Crippen molar-refractivity contribution in [3.63, 3.8) is 0 Å². The standard InChI is InChI=1S/C11H22N2O2/c1-11(2,3)13-10(14)8-15-9-5-4-6-12-7-9/h9,12H,4-8H2,1-3H3,(H,13,14)/t9-/m0/s1. The van der Waals surface area contributed by atoms with Crippen LogP contribution in [0.3, 0.4) is 0 Å². The van der Waals surface area contributed by atoms with Gasteiger partial charge >= 0.3 is 0 Å². The molecule has 1 heterocycles. The van der Waals surface area contributed by atoms with Crippen LogP contribution in [0.5, 0.6) is 0 Å². The summed E-state index contributed by atoms with van der Waals surface area (Å²) >= 11 is 0. The molecule has 0 bridgehead atoms. The van der Waals surface area contributed by atoms with Gasteiger partial charge in [-0.05, 0) is 40.2 Å². The lowest BCUT2D eigenvalue weighted by atomic mass is 10.1. The highest BCUT2D eigenvalue weighted by Gasteiger charge is 2.17. The van der Waals surface area contributed by atoms with Crippen LogP contribution in [0, 0.1) is 0 Å². The van der Waals surface area contributed by atoms with Crippen molar-refractivity contribution in [3.05, 3.63) is 0 Å². The van der Waals surface area contributed by atoms with Gasteiger partial charge in [0.15, 0.2) is 0 Å². The zero-order chi connectivity index (χ0) is 11.3. The first-order valence-corrected chi connectivity index (χ1v) is 5.61. The Balaban J connectivity index is 2.15. The topological polar surface area (TPSA) is 50.4 Å². The molecule has 0 aromatic rings. The van der Waals surface area contributed by atoms with Gasteiger partial charge in [-0.1, -0.05) is 0 Å². The minimum atomic E-state index is -0.175. The summed E-state index contributed by atoms with van der Waals surface area (Å²) in [5, 5.41) is 6.12. The molecule has 15 heavy (non-hydrogen) atoms. The summed E-state index contributed by atoms with van der Waals surface area (Å²) < 4.78 is 5.52. The Morgan fingerprint density at radius 2 is 2.27 bits per heavy atom. The molecule has 0 saturated carbocycles. The fraction of sp³-hybridized carbons (Fsp3) is 0.909. The average Bonchev–Trinajstić information content (AvgIpc) is 2.14. The fourth-order valence-corrected chi connectivity index (χ4v) is 1.61. The maximum atomic E-state index is 11.4. The van der Waals surface area contributed by atoms with E-state index in [0.717, 1.165) is 25.9 Å². The molecule has 2 N–H and O–H groups in total. The van der Waals surface area contributed by atoms with E-state index in [-0.39, 0.29) is 24.2 Å². The molecule has 1 amide bonds. The fourth-order valence-electron chi connectivity index (χ4n) is 1.61. The van der Waals surface area contributed by atoms with Crippen molar-refractivity contribution in [2.45, 2.75) is 45.3 Å². The number of carbonyl (C=O) groups is 1. The molecular weight excluding hydrogens is 192 g/mol. The highest BCUT2D eigenvalue weighted by atomic mass is 16.5. The Morgan fingerprint density at radius 3 is 2.80 bits per heavy atom. The van der Waals surface area contributed by atoms with Crippen LogP contribution in [-0.4, -0.2) is 37.2 Å². The molecule has 1 fully saturated rings. The molecule has 0 aliphatic carbocycles. The van der Waals surface area contributed by atoms with Crippen molar-refractivity contribution in [2.75, 3.05) is 19.7 Å². The SMILES string of the molecule is CC(C)(C)NC(=O)CO[C@H]1CCCNC1. The molecule has 0 aromatic heterocycles. The maximum absolute atomic E-state index is 11.4. The molecule has 4 heteroatoms. The number of piperidine rings is 1. The van der Waals surface area contributed by atoms with E-state index in [1.165, 1.54) is 0 Å². The lowest BCUT2D eigenvalue weighted by Gasteiger charge is -2.24. The summed E-state index contributed by atoms with van der Waals surface area (Å²) in [6.45, 7) is 7.99. The van der Waals surface area contributed by atoms with Crippen LogP contribution >= 0.6 is 0 Å². The summed E-state index contributed by atoms with van der Waals surface area (Å²) in [5.74, 6) is -0.0342. The van der Waals surface area contributed by atoms with Gasteiger partial charge in [-0.2, -0.15) is 0 Å². The van der Waals surface area contributed by atoms with Crippen LogP contribution in [-0.2, 0) is 9.53 Å². The molecule has 1 atom stereocenters. The second-order valence-corrected chi connectivity index (χ2v) is 5.08. The maximum Gasteiger partial charge on any atom is 0.246 e. The van der Waals surface area contributed by atoms with Crippen molar-refractivity contribution in [3.8, 4) is 0 Å². The third kappa shape index (κ3) is 5.74. The second-order valence-electron chi connectivity index (χ2n) is 5.08. The Bertz CT molecular complexity index is 205. The van der Waals surface area contributed by atoms with E-state index in [4.69, 9.17) is 4.74 Å². The predicted molar refractivity (Wildman–Crippen MR) is 59.7 cm³/mol. The van der Waals surface area contributed by atoms with Crippen molar-refractivity contribution in [1.82, 2.24) is 10.6 Å². The van der Waals surface area contributed by atoms with Crippen molar-refractivity contribution in [2.24, 2.45) is 0 Å². The van der Waals surface area contributed by atoms with Gasteiger partial charge < -0.3 is 15.4 Å². The van der Waals surface area contributed by atoms with E-state index in [0.29, 0.717) is 0 Å². The number of amides is 1. The molecule has 0 aromatic carbocycles. The van der Waals surface area contributed by atoms with Gasteiger partial charge in [0.1, 0.15) is 6.61 Å². The molecule has 88 valence electrons. The van der Waals surface area contributed by atoms with Crippen LogP contribution in [0.2, 0.25) is 0 Å². The van der Waals surface area contributed by atoms with Gasteiger partial charge in [0.2, 0.25) is 5.91 Å². The first kappa shape index (κ1) is 12.5. The van der Waals surface area contributed by atoms with Crippen molar-refractivity contribution < 1.29 is 9.53 Å². The third-order valence-corrected chi connectivity index (χ3v) is 2.22. The van der Waals surface area contributed by atoms with Gasteiger partial charge in [-0.25, -0.2) is 0 Å². The summed E-state index contributed by atoms with van der Waals surface area (Å²) in [7, 11) is 0. The normalized spacial score (nSPS) is 22.5. The number of hydrogen-bond acceptors (Lipinski definition) is 3. The summed E-state index contributed by atoms with van der Waals surface area (Å²) in [4.78, 5) is 11.4. The second kappa shape index (κ2) is 5.47. The van der Waals surface area contributed by atoms with Gasteiger partial charge in [-0.3, -0.25) is 4.79 Å². The highest BCUT2D eigenvalue weighted by Crippen LogP contribution is 2.06. The molecule has 1 rings (SSSR count). The number of hydrogen-bond donors (Lipinski definition) is 2. The number of ether oxygens (including phenoxy) is 1. The Hall–Kier alpha value is -0.610. The summed E-state index contributed by atoms with van der Waals surface area (Å²) in [6.07, 6.45) is 2.38. The molecule has 1 aliphatic rings. The quantitative estimate of drug-likeness (QED) is 0.726. The predicted octanol–water partition coefficient (Wildman–Crippen LogP) is 0.670. The van der Waals surface area contributed by atoms with Gasteiger partial charge in [0.05, 0.1) is 6.10 Å². The largest absolute Gasteiger partial charge is 0.367 e. The molecule has 0 spiro atoms. The van der Waals surface area contributed by atoms with E-state index in [2.05, 4.69) is 10.6 Å². The van der Waals surface area contributed by atoms with Crippen LogP contribution in [0.25, 0.3) is 0 Å². The lowest BCUT2D eigenvalue weighted by molar-refractivity contribution is -0.129. The van der Waals surface area contributed by atoms with Crippen molar-refractivity contribution >= 4 is 5.91 Å². The number of nitrogens with one attached hydrogen (secondary N) is 2. The minimum absolute atomic E-state index is 0.0342. The zero-order valence-corrected chi connectivity index (χ0v) is 9.93. The first-order chi connectivity index (χ1) is 6.97. The Morgan fingerprint density at radius 1 is 1.53 bits per heavy atom. The van der Waals surface area contributed by atoms with Crippen LogP contribution in [0.4, 0.5) is 0 Å². The van der Waals surface area contributed by atoms with Crippen LogP contribution in [0.15, 0.2) is 0 Å². The number of rotatable bonds is 3. The van der Waals surface area contributed by atoms with Gasteiger partial charge in [0, 0.05) is 12.1 Å². The smallest absolute Gasteiger partial charge is 0.246 e. The van der Waals surface area contributed by atoms with Gasteiger partial charge in [0.25, 0.3) is 0 Å². The highest BCUT2D eigenvalue weighted by molar-refractivity contribution is 5.77. The Kier molecular flexibility index (Phi) is 4.54. The summed E-state index contributed by atoms with van der Waals surface area (Å²) in [5.41, 5.74) is -0.175. The van der Waals surface area contributed by atoms with Crippen LogP contribution < -0.4 is 10.6 Å². The minimum Gasteiger partial charge on any atom is -0.367 e. The molecule has 1 aliphatic heterocycles. The molecule has 4 nitrogen and oxygen atoms in total. The molecule has 0 unspecified atom stereocenters. The molecular formula is C11H22N2O2. The van der Waals surface area contributed by atoms with E-state index >= 15 is 0 Å². The number of carbonyl (C=O) groups excluding carboxylic acids is 1. The van der Waals surface area contributed by atoms with E-state index < -0.39 is 0 Å². The van der Waals surface area contributed by atoms with Crippen LogP contribution in [0.1, 0.15) is 33.6 Å². The monoisotopic (exact) mass is 214 g/mol. The van der Waals surface area contributed by atoms with E-state index in [9.17, 15) is 4.79 Å². The lowest BCUT2D eigenvalue weighted by Crippen LogP contribution is -2.44. The van der Waals surface area contributed by atoms with E-state index in [1.807, 2.05) is 20.8 Å². The molecule has 1 saturated heterocycles.